The first kappa shape index (κ1) is 20.0. The van der Waals surface area contributed by atoms with Crippen LogP contribution in [0.1, 0.15) is 23.7 Å². The molecule has 3 N–H and O–H groups in total. The van der Waals surface area contributed by atoms with E-state index in [0.717, 1.165) is 12.1 Å². The summed E-state index contributed by atoms with van der Waals surface area (Å²) in [6, 6.07) is 14.1. The lowest BCUT2D eigenvalue weighted by Crippen LogP contribution is -2.24. The highest BCUT2D eigenvalue weighted by molar-refractivity contribution is 5.95. The number of rotatable bonds is 10. The van der Waals surface area contributed by atoms with Crippen LogP contribution in [-0.2, 0) is 4.79 Å². The summed E-state index contributed by atoms with van der Waals surface area (Å²) in [7, 11) is 0. The monoisotopic (exact) mass is 367 g/mol. The molecule has 0 saturated carbocycles. The molecule has 0 aliphatic carbocycles. The van der Waals surface area contributed by atoms with Crippen LogP contribution in [0.3, 0.4) is 0 Å². The first-order valence-corrected chi connectivity index (χ1v) is 8.88. The molecule has 2 amide bonds. The van der Waals surface area contributed by atoms with Gasteiger partial charge in [-0.1, -0.05) is 19.6 Å². The van der Waals surface area contributed by atoms with Gasteiger partial charge in [-0.3, -0.25) is 9.59 Å². The van der Waals surface area contributed by atoms with Crippen LogP contribution in [-0.4, -0.2) is 31.5 Å². The molecule has 2 rings (SSSR count). The molecule has 0 aromatic heterocycles. The molecule has 0 aliphatic heterocycles. The van der Waals surface area contributed by atoms with Gasteiger partial charge in [0.1, 0.15) is 12.4 Å². The van der Waals surface area contributed by atoms with Gasteiger partial charge in [-0.25, -0.2) is 0 Å². The third kappa shape index (κ3) is 6.86. The fraction of sp³-hybridized carbons (Fsp3) is 0.238. The lowest BCUT2D eigenvalue weighted by Gasteiger charge is -2.09. The number of hydrogen-bond acceptors (Lipinski definition) is 4. The fourth-order valence-electron chi connectivity index (χ4n) is 2.26. The van der Waals surface area contributed by atoms with Crippen LogP contribution in [0, 0.1) is 0 Å². The minimum absolute atomic E-state index is 0.0957. The first-order valence-electron chi connectivity index (χ1n) is 8.88. The van der Waals surface area contributed by atoms with Gasteiger partial charge in [0.2, 0.25) is 5.91 Å². The zero-order chi connectivity index (χ0) is 19.5. The van der Waals surface area contributed by atoms with Crippen molar-refractivity contribution in [2.45, 2.75) is 13.3 Å². The molecule has 142 valence electrons. The molecular weight excluding hydrogens is 342 g/mol. The number of amides is 2. The quantitative estimate of drug-likeness (QED) is 0.562. The molecule has 2 aromatic carbocycles. The van der Waals surface area contributed by atoms with E-state index in [0.29, 0.717) is 30.2 Å². The van der Waals surface area contributed by atoms with Crippen LogP contribution in [0.5, 0.6) is 5.75 Å². The Morgan fingerprint density at radius 3 is 2.33 bits per heavy atom. The Hall–Kier alpha value is -3.28. The molecule has 27 heavy (non-hydrogen) atoms. The van der Waals surface area contributed by atoms with E-state index < -0.39 is 0 Å². The Kier molecular flexibility index (Phi) is 7.91. The second-order valence-electron chi connectivity index (χ2n) is 5.86. The van der Waals surface area contributed by atoms with Crippen LogP contribution >= 0.6 is 0 Å². The van der Waals surface area contributed by atoms with Crippen LogP contribution in [0.2, 0.25) is 0 Å². The Morgan fingerprint density at radius 1 is 1.04 bits per heavy atom. The van der Waals surface area contributed by atoms with Crippen molar-refractivity contribution in [2.75, 3.05) is 30.3 Å². The maximum Gasteiger partial charge on any atom is 0.251 e. The van der Waals surface area contributed by atoms with E-state index in [2.05, 4.69) is 22.5 Å². The Labute approximate surface area is 159 Å². The van der Waals surface area contributed by atoms with Gasteiger partial charge in [0.25, 0.3) is 5.91 Å². The highest BCUT2D eigenvalue weighted by atomic mass is 16.5. The molecule has 0 bridgehead atoms. The van der Waals surface area contributed by atoms with Gasteiger partial charge in [-0.05, 0) is 55.0 Å². The van der Waals surface area contributed by atoms with Crippen LogP contribution in [0.25, 0.3) is 0 Å². The Bertz CT molecular complexity index is 755. The standard InChI is InChI=1S/C21H25N3O3/c1-3-13-22-21(26)16-5-7-17(8-6-16)23-15-20(25)24-18-9-11-19(12-10-18)27-14-4-2/h4-12,23H,2-3,13-15H2,1H3,(H,22,26)(H,24,25). The van der Waals surface area contributed by atoms with Crippen molar-refractivity contribution in [1.82, 2.24) is 5.32 Å². The molecule has 0 saturated heterocycles. The summed E-state index contributed by atoms with van der Waals surface area (Å²) >= 11 is 0. The van der Waals surface area contributed by atoms with E-state index in [-0.39, 0.29) is 18.4 Å². The number of hydrogen-bond donors (Lipinski definition) is 3. The molecule has 6 nitrogen and oxygen atoms in total. The summed E-state index contributed by atoms with van der Waals surface area (Å²) < 4.78 is 5.40. The van der Waals surface area contributed by atoms with Gasteiger partial charge >= 0.3 is 0 Å². The predicted octanol–water partition coefficient (Wildman–Crippen LogP) is 3.44. The summed E-state index contributed by atoms with van der Waals surface area (Å²) in [5, 5.41) is 8.66. The van der Waals surface area contributed by atoms with Gasteiger partial charge in [-0.2, -0.15) is 0 Å². The van der Waals surface area contributed by atoms with Gasteiger partial charge in [-0.15, -0.1) is 0 Å². The second-order valence-corrected chi connectivity index (χ2v) is 5.86. The van der Waals surface area contributed by atoms with Crippen LogP contribution < -0.4 is 20.7 Å². The van der Waals surface area contributed by atoms with Gasteiger partial charge in [0.15, 0.2) is 0 Å². The molecule has 0 aliphatic rings. The van der Waals surface area contributed by atoms with Crippen molar-refractivity contribution < 1.29 is 14.3 Å². The largest absolute Gasteiger partial charge is 0.490 e. The van der Waals surface area contributed by atoms with Crippen molar-refractivity contribution in [3.63, 3.8) is 0 Å². The maximum atomic E-state index is 12.1. The molecule has 0 radical (unpaired) electrons. The van der Waals surface area contributed by atoms with Crippen molar-refractivity contribution in [1.29, 1.82) is 0 Å². The lowest BCUT2D eigenvalue weighted by atomic mass is 10.2. The number of carbonyl (C=O) groups is 2. The van der Waals surface area contributed by atoms with E-state index in [1.54, 1.807) is 54.6 Å². The highest BCUT2D eigenvalue weighted by Crippen LogP contribution is 2.16. The molecular formula is C21H25N3O3. The second kappa shape index (κ2) is 10.7. The van der Waals surface area contributed by atoms with E-state index in [4.69, 9.17) is 4.74 Å². The van der Waals surface area contributed by atoms with Crippen LogP contribution in [0.15, 0.2) is 61.2 Å². The average Bonchev–Trinajstić information content (AvgIpc) is 2.70. The van der Waals surface area contributed by atoms with Gasteiger partial charge < -0.3 is 20.7 Å². The molecule has 0 atom stereocenters. The summed E-state index contributed by atoms with van der Waals surface area (Å²) in [4.78, 5) is 23.9. The van der Waals surface area contributed by atoms with Gasteiger partial charge in [0.05, 0.1) is 6.54 Å². The van der Waals surface area contributed by atoms with Crippen molar-refractivity contribution in [2.24, 2.45) is 0 Å². The van der Waals surface area contributed by atoms with Gasteiger partial charge in [0, 0.05) is 23.5 Å². The number of carbonyl (C=O) groups excluding carboxylic acids is 2. The third-order valence-electron chi connectivity index (χ3n) is 3.64. The highest BCUT2D eigenvalue weighted by Gasteiger charge is 2.06. The number of anilines is 2. The Morgan fingerprint density at radius 2 is 1.70 bits per heavy atom. The fourth-order valence-corrected chi connectivity index (χ4v) is 2.26. The summed E-state index contributed by atoms with van der Waals surface area (Å²) in [6.45, 7) is 6.81. The number of nitrogens with one attached hydrogen (secondary N) is 3. The van der Waals surface area contributed by atoms with E-state index in [1.807, 2.05) is 6.92 Å². The molecule has 0 fully saturated rings. The molecule has 0 unspecified atom stereocenters. The first-order chi connectivity index (χ1) is 13.1. The van der Waals surface area contributed by atoms with E-state index in [1.165, 1.54) is 0 Å². The predicted molar refractivity (Wildman–Crippen MR) is 108 cm³/mol. The van der Waals surface area contributed by atoms with Crippen LogP contribution in [0.4, 0.5) is 11.4 Å². The molecule has 6 heteroatoms. The SMILES string of the molecule is C=CCOc1ccc(NC(=O)CNc2ccc(C(=O)NCCC)cc2)cc1. The normalized spacial score (nSPS) is 9.96. The zero-order valence-electron chi connectivity index (χ0n) is 15.5. The molecule has 0 spiro atoms. The lowest BCUT2D eigenvalue weighted by molar-refractivity contribution is -0.114. The van der Waals surface area contributed by atoms with E-state index in [9.17, 15) is 9.59 Å². The minimum Gasteiger partial charge on any atom is -0.490 e. The van der Waals surface area contributed by atoms with E-state index >= 15 is 0 Å². The van der Waals surface area contributed by atoms with Crippen molar-refractivity contribution >= 4 is 23.2 Å². The average molecular weight is 367 g/mol. The smallest absolute Gasteiger partial charge is 0.251 e. The van der Waals surface area contributed by atoms with Crippen molar-refractivity contribution in [3.05, 3.63) is 66.7 Å². The molecule has 0 heterocycles. The number of ether oxygens (including phenoxy) is 1. The summed E-state index contributed by atoms with van der Waals surface area (Å²) in [6.07, 6.45) is 2.57. The molecule has 2 aromatic rings. The maximum absolute atomic E-state index is 12.1. The topological polar surface area (TPSA) is 79.5 Å². The summed E-state index contributed by atoms with van der Waals surface area (Å²) in [5.74, 6) is 0.454. The minimum atomic E-state index is -0.167. The third-order valence-corrected chi connectivity index (χ3v) is 3.64. The Balaban J connectivity index is 1.79. The number of benzene rings is 2. The zero-order valence-corrected chi connectivity index (χ0v) is 15.5. The summed E-state index contributed by atoms with van der Waals surface area (Å²) in [5.41, 5.74) is 2.05. The van der Waals surface area contributed by atoms with Crippen molar-refractivity contribution in [3.8, 4) is 5.75 Å².